The Balaban J connectivity index is 1.57. The Hall–Kier alpha value is -1.77. The first-order chi connectivity index (χ1) is 13.1. The molecule has 1 heterocycles. The average molecular weight is 420 g/mol. The molecule has 0 aliphatic rings. The van der Waals surface area contributed by atoms with E-state index in [1.165, 1.54) is 11.8 Å². The molecule has 0 radical (unpaired) electrons. The van der Waals surface area contributed by atoms with Gasteiger partial charge in [0.15, 0.2) is 8.68 Å². The Bertz CT molecular complexity index is 929. The van der Waals surface area contributed by atoms with Crippen LogP contribution in [0.25, 0.3) is 10.8 Å². The van der Waals surface area contributed by atoms with Gasteiger partial charge in [0.2, 0.25) is 5.91 Å². The van der Waals surface area contributed by atoms with Crippen molar-refractivity contribution in [3.05, 3.63) is 42.0 Å². The van der Waals surface area contributed by atoms with Gasteiger partial charge < -0.3 is 9.64 Å². The Kier molecular flexibility index (Phi) is 6.98. The zero-order valence-electron chi connectivity index (χ0n) is 15.5. The summed E-state index contributed by atoms with van der Waals surface area (Å²) in [6.45, 7) is 2.66. The van der Waals surface area contributed by atoms with E-state index < -0.39 is 0 Å². The van der Waals surface area contributed by atoms with E-state index in [0.717, 1.165) is 36.5 Å². The van der Waals surface area contributed by atoms with Gasteiger partial charge in [-0.1, -0.05) is 60.0 Å². The summed E-state index contributed by atoms with van der Waals surface area (Å²) in [5.41, 5.74) is 1.10. The van der Waals surface area contributed by atoms with Crippen molar-refractivity contribution >= 4 is 51.5 Å². The molecular weight excluding hydrogens is 398 g/mol. The first-order valence-electron chi connectivity index (χ1n) is 8.48. The maximum absolute atomic E-state index is 12.4. The molecule has 0 saturated heterocycles. The quantitative estimate of drug-likeness (QED) is 0.499. The Morgan fingerprint density at radius 3 is 2.56 bits per heavy atom. The van der Waals surface area contributed by atoms with Gasteiger partial charge in [-0.15, -0.1) is 10.2 Å². The van der Waals surface area contributed by atoms with Gasteiger partial charge in [-0.05, 0) is 40.3 Å². The smallest absolute Gasteiger partial charge is 0.233 e. The van der Waals surface area contributed by atoms with Crippen LogP contribution in [0.1, 0.15) is 12.5 Å². The fourth-order valence-corrected chi connectivity index (χ4v) is 5.39. The average Bonchev–Trinajstić information content (AvgIpc) is 3.13. The van der Waals surface area contributed by atoms with Crippen LogP contribution in [0, 0.1) is 0 Å². The Morgan fingerprint density at radius 1 is 1.11 bits per heavy atom. The highest BCUT2D eigenvalue weighted by Crippen LogP contribution is 2.28. The van der Waals surface area contributed by atoms with Gasteiger partial charge >= 0.3 is 0 Å². The molecule has 0 saturated carbocycles. The van der Waals surface area contributed by atoms with Crippen molar-refractivity contribution in [3.8, 4) is 5.75 Å². The lowest BCUT2D eigenvalue weighted by molar-refractivity contribution is -0.127. The summed E-state index contributed by atoms with van der Waals surface area (Å²) in [7, 11) is 3.50. The predicted octanol–water partition coefficient (Wildman–Crippen LogP) is 4.56. The summed E-state index contributed by atoms with van der Waals surface area (Å²) >= 11 is 4.66. The Labute approximate surface area is 171 Å². The summed E-state index contributed by atoms with van der Waals surface area (Å²) in [5, 5.41) is 10.5. The molecule has 0 aliphatic carbocycles. The molecule has 0 atom stereocenters. The van der Waals surface area contributed by atoms with Crippen LogP contribution in [-0.2, 0) is 11.3 Å². The molecule has 0 aliphatic heterocycles. The third-order valence-electron chi connectivity index (χ3n) is 3.93. The van der Waals surface area contributed by atoms with Crippen molar-refractivity contribution in [1.82, 2.24) is 15.1 Å². The molecule has 142 valence electrons. The highest BCUT2D eigenvalue weighted by atomic mass is 32.2. The van der Waals surface area contributed by atoms with Crippen molar-refractivity contribution in [2.75, 3.05) is 25.7 Å². The molecule has 8 heteroatoms. The summed E-state index contributed by atoms with van der Waals surface area (Å²) < 4.78 is 7.05. The van der Waals surface area contributed by atoms with Crippen LogP contribution in [0.4, 0.5) is 0 Å². The van der Waals surface area contributed by atoms with E-state index in [-0.39, 0.29) is 5.91 Å². The van der Waals surface area contributed by atoms with Crippen molar-refractivity contribution in [3.63, 3.8) is 0 Å². The molecule has 1 amide bonds. The van der Waals surface area contributed by atoms with Crippen molar-refractivity contribution in [1.29, 1.82) is 0 Å². The fraction of sp³-hybridized carbons (Fsp3) is 0.316. The lowest BCUT2D eigenvalue weighted by atomic mass is 10.1. The van der Waals surface area contributed by atoms with Gasteiger partial charge in [0.25, 0.3) is 0 Å². The number of fused-ring (bicyclic) bond motifs is 1. The minimum atomic E-state index is 0.0784. The second-order valence-corrected chi connectivity index (χ2v) is 9.56. The van der Waals surface area contributed by atoms with Gasteiger partial charge in [-0.3, -0.25) is 4.79 Å². The summed E-state index contributed by atoms with van der Waals surface area (Å²) in [5.74, 6) is 2.26. The fourth-order valence-electron chi connectivity index (χ4n) is 2.53. The zero-order valence-corrected chi connectivity index (χ0v) is 17.9. The predicted molar refractivity (Wildman–Crippen MR) is 114 cm³/mol. The van der Waals surface area contributed by atoms with E-state index >= 15 is 0 Å². The van der Waals surface area contributed by atoms with Crippen LogP contribution >= 0.6 is 34.9 Å². The lowest BCUT2D eigenvalue weighted by Gasteiger charge is -2.17. The number of nitrogens with zero attached hydrogens (tertiary/aromatic N) is 3. The monoisotopic (exact) mass is 419 g/mol. The molecule has 5 nitrogen and oxygen atoms in total. The topological polar surface area (TPSA) is 55.3 Å². The van der Waals surface area contributed by atoms with Gasteiger partial charge in [0, 0.05) is 13.6 Å². The van der Waals surface area contributed by atoms with Crippen molar-refractivity contribution in [2.24, 2.45) is 0 Å². The number of ether oxygens (including phenoxy) is 1. The molecule has 0 fully saturated rings. The molecular formula is C19H21N3O2S3. The lowest BCUT2D eigenvalue weighted by Crippen LogP contribution is -2.27. The molecule has 1 aromatic heterocycles. The SMILES string of the molecule is CCSc1nnc(SCC(=O)N(C)Cc2ccc3cc(OC)ccc3c2)s1. The number of benzene rings is 2. The third-order valence-corrected chi connectivity index (χ3v) is 6.99. The van der Waals surface area contributed by atoms with Gasteiger partial charge in [0.05, 0.1) is 12.9 Å². The maximum atomic E-state index is 12.4. The number of methoxy groups -OCH3 is 1. The van der Waals surface area contributed by atoms with Gasteiger partial charge in [0.1, 0.15) is 5.75 Å². The standard InChI is InChI=1S/C19H21N3O2S3/c1-4-25-18-20-21-19(27-18)26-12-17(23)22(2)11-13-5-6-15-10-16(24-3)8-7-14(15)9-13/h5-10H,4,11-12H2,1-3H3. The minimum Gasteiger partial charge on any atom is -0.497 e. The van der Waals surface area contributed by atoms with Crippen LogP contribution in [0.5, 0.6) is 5.75 Å². The minimum absolute atomic E-state index is 0.0784. The number of rotatable bonds is 8. The molecule has 0 N–H and O–H groups in total. The highest BCUT2D eigenvalue weighted by Gasteiger charge is 2.13. The van der Waals surface area contributed by atoms with E-state index in [9.17, 15) is 4.79 Å². The molecule has 3 rings (SSSR count). The van der Waals surface area contributed by atoms with Crippen LogP contribution in [-0.4, -0.2) is 46.7 Å². The van der Waals surface area contributed by atoms with Crippen LogP contribution in [0.2, 0.25) is 0 Å². The van der Waals surface area contributed by atoms with E-state index in [1.807, 2.05) is 25.2 Å². The first-order valence-corrected chi connectivity index (χ1v) is 11.3. The van der Waals surface area contributed by atoms with Gasteiger partial charge in [-0.25, -0.2) is 0 Å². The van der Waals surface area contributed by atoms with E-state index in [0.29, 0.717) is 12.3 Å². The number of thioether (sulfide) groups is 2. The number of amides is 1. The summed E-state index contributed by atoms with van der Waals surface area (Å²) in [6, 6.07) is 12.2. The largest absolute Gasteiger partial charge is 0.497 e. The van der Waals surface area contributed by atoms with Crippen LogP contribution in [0.3, 0.4) is 0 Å². The molecule has 2 aromatic carbocycles. The van der Waals surface area contributed by atoms with Gasteiger partial charge in [-0.2, -0.15) is 0 Å². The maximum Gasteiger partial charge on any atom is 0.233 e. The number of carbonyl (C=O) groups excluding carboxylic acids is 1. The van der Waals surface area contributed by atoms with Crippen molar-refractivity contribution in [2.45, 2.75) is 22.1 Å². The molecule has 0 spiro atoms. The normalized spacial score (nSPS) is 10.9. The number of hydrogen-bond donors (Lipinski definition) is 0. The Morgan fingerprint density at radius 2 is 1.81 bits per heavy atom. The van der Waals surface area contributed by atoms with Crippen molar-refractivity contribution < 1.29 is 9.53 Å². The molecule has 27 heavy (non-hydrogen) atoms. The second kappa shape index (κ2) is 9.43. The van der Waals surface area contributed by atoms with E-state index in [4.69, 9.17) is 4.74 Å². The summed E-state index contributed by atoms with van der Waals surface area (Å²) in [4.78, 5) is 14.2. The zero-order chi connectivity index (χ0) is 19.2. The number of carbonyl (C=O) groups is 1. The second-order valence-electron chi connectivity index (χ2n) is 5.85. The molecule has 0 bridgehead atoms. The molecule has 3 aromatic rings. The third kappa shape index (κ3) is 5.37. The molecule has 0 unspecified atom stereocenters. The first kappa shape index (κ1) is 20.0. The van der Waals surface area contributed by atoms with E-state index in [2.05, 4.69) is 35.3 Å². The number of hydrogen-bond acceptors (Lipinski definition) is 7. The van der Waals surface area contributed by atoms with Crippen LogP contribution < -0.4 is 4.74 Å². The number of aromatic nitrogens is 2. The van der Waals surface area contributed by atoms with Crippen LogP contribution in [0.15, 0.2) is 45.1 Å². The highest BCUT2D eigenvalue weighted by molar-refractivity contribution is 8.03. The summed E-state index contributed by atoms with van der Waals surface area (Å²) in [6.07, 6.45) is 0. The van der Waals surface area contributed by atoms with E-state index in [1.54, 1.807) is 35.1 Å².